The summed E-state index contributed by atoms with van der Waals surface area (Å²) in [4.78, 5) is 2.54. The van der Waals surface area contributed by atoms with E-state index < -0.39 is 0 Å². The van der Waals surface area contributed by atoms with E-state index in [2.05, 4.69) is 4.90 Å². The van der Waals surface area contributed by atoms with Crippen LogP contribution in [-0.2, 0) is 0 Å². The third kappa shape index (κ3) is 2.71. The minimum Gasteiger partial charge on any atom is -0.390 e. The largest absolute Gasteiger partial charge is 0.390 e. The van der Waals surface area contributed by atoms with Crippen molar-refractivity contribution >= 4 is 0 Å². The standard InChI is InChI=1S/C12H23NO/c14-12(6-5-7-12)8-11-13-9-3-1-2-4-10-13/h14H,1-11H2. The second-order valence-electron chi connectivity index (χ2n) is 5.08. The molecular weight excluding hydrogens is 174 g/mol. The zero-order chi connectivity index (χ0) is 9.86. The average molecular weight is 197 g/mol. The molecule has 2 aliphatic rings. The van der Waals surface area contributed by atoms with E-state index in [1.165, 1.54) is 45.2 Å². The van der Waals surface area contributed by atoms with Gasteiger partial charge in [0.2, 0.25) is 0 Å². The Kier molecular flexibility index (Phi) is 3.45. The fraction of sp³-hybridized carbons (Fsp3) is 1.00. The zero-order valence-electron chi connectivity index (χ0n) is 9.17. The van der Waals surface area contributed by atoms with E-state index >= 15 is 0 Å². The van der Waals surface area contributed by atoms with Crippen LogP contribution in [0.1, 0.15) is 51.4 Å². The number of likely N-dealkylation sites (tertiary alicyclic amines) is 1. The van der Waals surface area contributed by atoms with Crippen molar-refractivity contribution in [3.8, 4) is 0 Å². The molecule has 1 N–H and O–H groups in total. The molecule has 14 heavy (non-hydrogen) atoms. The number of rotatable bonds is 3. The van der Waals surface area contributed by atoms with E-state index in [-0.39, 0.29) is 5.60 Å². The lowest BCUT2D eigenvalue weighted by atomic mass is 9.78. The fourth-order valence-corrected chi connectivity index (χ4v) is 2.56. The topological polar surface area (TPSA) is 23.5 Å². The maximum Gasteiger partial charge on any atom is 0.0660 e. The predicted octanol–water partition coefficient (Wildman–Crippen LogP) is 2.17. The highest BCUT2D eigenvalue weighted by atomic mass is 16.3. The molecule has 1 aliphatic heterocycles. The van der Waals surface area contributed by atoms with Gasteiger partial charge in [0.05, 0.1) is 5.60 Å². The fourth-order valence-electron chi connectivity index (χ4n) is 2.56. The molecule has 0 spiro atoms. The second kappa shape index (κ2) is 4.63. The van der Waals surface area contributed by atoms with Gasteiger partial charge < -0.3 is 10.0 Å². The zero-order valence-corrected chi connectivity index (χ0v) is 9.17. The first kappa shape index (κ1) is 10.4. The molecule has 2 rings (SSSR count). The number of aliphatic hydroxyl groups is 1. The number of hydrogen-bond acceptors (Lipinski definition) is 2. The highest BCUT2D eigenvalue weighted by Crippen LogP contribution is 2.34. The van der Waals surface area contributed by atoms with E-state index in [1.807, 2.05) is 0 Å². The summed E-state index contributed by atoms with van der Waals surface area (Å²) < 4.78 is 0. The molecule has 2 nitrogen and oxygen atoms in total. The van der Waals surface area contributed by atoms with Crippen molar-refractivity contribution in [2.24, 2.45) is 0 Å². The third-order valence-corrected chi connectivity index (χ3v) is 3.88. The Hall–Kier alpha value is -0.0800. The summed E-state index contributed by atoms with van der Waals surface area (Å²) in [7, 11) is 0. The first-order valence-corrected chi connectivity index (χ1v) is 6.23. The molecule has 0 aromatic heterocycles. The summed E-state index contributed by atoms with van der Waals surface area (Å²) in [6.45, 7) is 3.64. The van der Waals surface area contributed by atoms with E-state index in [0.29, 0.717) is 0 Å². The minimum absolute atomic E-state index is 0.272. The van der Waals surface area contributed by atoms with Crippen LogP contribution >= 0.6 is 0 Å². The van der Waals surface area contributed by atoms with Crippen LogP contribution in [0.25, 0.3) is 0 Å². The van der Waals surface area contributed by atoms with Crippen LogP contribution in [0, 0.1) is 0 Å². The van der Waals surface area contributed by atoms with E-state index in [9.17, 15) is 5.11 Å². The maximum absolute atomic E-state index is 9.98. The quantitative estimate of drug-likeness (QED) is 0.749. The molecule has 0 aromatic carbocycles. The van der Waals surface area contributed by atoms with Crippen LogP contribution in [0.3, 0.4) is 0 Å². The molecule has 0 unspecified atom stereocenters. The SMILES string of the molecule is OC1(CCN2CCCCCC2)CCC1. The Labute approximate surface area is 87.3 Å². The van der Waals surface area contributed by atoms with Gasteiger partial charge in [-0.2, -0.15) is 0 Å². The highest BCUT2D eigenvalue weighted by molar-refractivity contribution is 4.88. The van der Waals surface area contributed by atoms with Crippen molar-refractivity contribution in [3.05, 3.63) is 0 Å². The Morgan fingerprint density at radius 3 is 2.07 bits per heavy atom. The van der Waals surface area contributed by atoms with Gasteiger partial charge in [-0.25, -0.2) is 0 Å². The Balaban J connectivity index is 1.68. The van der Waals surface area contributed by atoms with Crippen molar-refractivity contribution in [1.29, 1.82) is 0 Å². The summed E-state index contributed by atoms with van der Waals surface area (Å²) in [6.07, 6.45) is 9.85. The van der Waals surface area contributed by atoms with Gasteiger partial charge in [-0.1, -0.05) is 12.8 Å². The molecule has 1 saturated heterocycles. The minimum atomic E-state index is -0.272. The summed E-state index contributed by atoms with van der Waals surface area (Å²) in [5, 5.41) is 9.98. The lowest BCUT2D eigenvalue weighted by Gasteiger charge is -2.38. The number of hydrogen-bond donors (Lipinski definition) is 1. The van der Waals surface area contributed by atoms with Crippen LogP contribution in [0.5, 0.6) is 0 Å². The molecule has 1 heterocycles. The molecule has 82 valence electrons. The molecule has 1 saturated carbocycles. The Morgan fingerprint density at radius 2 is 1.57 bits per heavy atom. The lowest BCUT2D eigenvalue weighted by molar-refractivity contribution is -0.0461. The summed E-state index contributed by atoms with van der Waals surface area (Å²) in [5.41, 5.74) is -0.272. The molecular formula is C12H23NO. The van der Waals surface area contributed by atoms with Gasteiger partial charge in [-0.15, -0.1) is 0 Å². The maximum atomic E-state index is 9.98. The smallest absolute Gasteiger partial charge is 0.0660 e. The molecule has 0 aromatic rings. The lowest BCUT2D eigenvalue weighted by Crippen LogP contribution is -2.40. The van der Waals surface area contributed by atoms with E-state index in [4.69, 9.17) is 0 Å². The van der Waals surface area contributed by atoms with Gasteiger partial charge in [0.1, 0.15) is 0 Å². The number of nitrogens with zero attached hydrogens (tertiary/aromatic N) is 1. The first-order chi connectivity index (χ1) is 6.79. The summed E-state index contributed by atoms with van der Waals surface area (Å²) >= 11 is 0. The molecule has 0 amide bonds. The Bertz CT molecular complexity index is 169. The van der Waals surface area contributed by atoms with E-state index in [1.54, 1.807) is 0 Å². The van der Waals surface area contributed by atoms with Gasteiger partial charge in [0.25, 0.3) is 0 Å². The molecule has 1 aliphatic carbocycles. The predicted molar refractivity (Wildman–Crippen MR) is 58.3 cm³/mol. The summed E-state index contributed by atoms with van der Waals surface area (Å²) in [6, 6.07) is 0. The molecule has 0 atom stereocenters. The van der Waals surface area contributed by atoms with Crippen molar-refractivity contribution in [2.75, 3.05) is 19.6 Å². The van der Waals surface area contributed by atoms with Gasteiger partial charge in [0.15, 0.2) is 0 Å². The van der Waals surface area contributed by atoms with Gasteiger partial charge in [-0.05, 0) is 51.6 Å². The molecule has 0 bridgehead atoms. The third-order valence-electron chi connectivity index (χ3n) is 3.88. The van der Waals surface area contributed by atoms with Crippen molar-refractivity contribution < 1.29 is 5.11 Å². The van der Waals surface area contributed by atoms with Crippen molar-refractivity contribution in [1.82, 2.24) is 4.90 Å². The van der Waals surface area contributed by atoms with Crippen LogP contribution in [-0.4, -0.2) is 35.2 Å². The van der Waals surface area contributed by atoms with Crippen LogP contribution in [0.15, 0.2) is 0 Å². The normalized spacial score (nSPS) is 28.1. The average Bonchev–Trinajstić information content (AvgIpc) is 2.40. The van der Waals surface area contributed by atoms with Gasteiger partial charge in [-0.3, -0.25) is 0 Å². The first-order valence-electron chi connectivity index (χ1n) is 6.23. The monoisotopic (exact) mass is 197 g/mol. The Morgan fingerprint density at radius 1 is 0.929 bits per heavy atom. The second-order valence-corrected chi connectivity index (χ2v) is 5.08. The van der Waals surface area contributed by atoms with Crippen LogP contribution in [0.4, 0.5) is 0 Å². The van der Waals surface area contributed by atoms with Gasteiger partial charge >= 0.3 is 0 Å². The van der Waals surface area contributed by atoms with Crippen molar-refractivity contribution in [3.63, 3.8) is 0 Å². The highest BCUT2D eigenvalue weighted by Gasteiger charge is 2.34. The van der Waals surface area contributed by atoms with Gasteiger partial charge in [0, 0.05) is 6.54 Å². The van der Waals surface area contributed by atoms with Crippen molar-refractivity contribution in [2.45, 2.75) is 57.0 Å². The van der Waals surface area contributed by atoms with E-state index in [0.717, 1.165) is 25.8 Å². The molecule has 0 radical (unpaired) electrons. The molecule has 2 fully saturated rings. The van der Waals surface area contributed by atoms with Crippen LogP contribution < -0.4 is 0 Å². The summed E-state index contributed by atoms with van der Waals surface area (Å²) in [5.74, 6) is 0. The van der Waals surface area contributed by atoms with Crippen LogP contribution in [0.2, 0.25) is 0 Å². The molecule has 2 heteroatoms.